The Morgan fingerprint density at radius 1 is 1.47 bits per heavy atom. The number of halogens is 1. The molecule has 7 heteroatoms. The van der Waals surface area contributed by atoms with Crippen LogP contribution in [0.3, 0.4) is 0 Å². The number of hydrogen-bond donors (Lipinski definition) is 1. The molecule has 15 heavy (non-hydrogen) atoms. The minimum Gasteiger partial charge on any atom is -0.227 e. The third kappa shape index (κ3) is 3.73. The van der Waals surface area contributed by atoms with Crippen LogP contribution in [0.25, 0.3) is 0 Å². The van der Waals surface area contributed by atoms with Gasteiger partial charge in [0.25, 0.3) is 0 Å². The van der Waals surface area contributed by atoms with E-state index in [-0.39, 0.29) is 5.28 Å². The first-order valence-electron chi connectivity index (χ1n) is 4.19. The van der Waals surface area contributed by atoms with E-state index in [9.17, 15) is 8.42 Å². The molecule has 0 amide bonds. The zero-order valence-electron chi connectivity index (χ0n) is 8.65. The quantitative estimate of drug-likeness (QED) is 0.809. The second-order valence-electron chi connectivity index (χ2n) is 3.71. The molecule has 84 valence electrons. The summed E-state index contributed by atoms with van der Waals surface area (Å²) in [4.78, 5) is 7.68. The van der Waals surface area contributed by atoms with E-state index in [4.69, 9.17) is 11.6 Å². The summed E-state index contributed by atoms with van der Waals surface area (Å²) in [6, 6.07) is 1.62. The Bertz CT molecular complexity index is 459. The largest absolute Gasteiger partial charge is 0.227 e. The number of rotatable bonds is 3. The maximum absolute atomic E-state index is 11.1. The molecule has 0 aliphatic heterocycles. The van der Waals surface area contributed by atoms with Crippen molar-refractivity contribution in [3.63, 3.8) is 0 Å². The summed E-state index contributed by atoms with van der Waals surface area (Å²) >= 11 is 5.62. The number of sulfonamides is 1. The maximum atomic E-state index is 11.1. The van der Waals surface area contributed by atoms with Crippen molar-refractivity contribution in [3.8, 4) is 0 Å². The van der Waals surface area contributed by atoms with Crippen molar-refractivity contribution in [3.05, 3.63) is 23.2 Å². The standard InChI is InChI=1S/C8H12ClN3O2S/c1-8(2,12-15(3,13)14)6-4-5-10-7(9)11-6/h4-5,12H,1-3H3. The average molecular weight is 250 g/mol. The molecule has 0 aromatic carbocycles. The predicted molar refractivity (Wildman–Crippen MR) is 58.0 cm³/mol. The first kappa shape index (κ1) is 12.4. The van der Waals surface area contributed by atoms with E-state index in [1.807, 2.05) is 0 Å². The van der Waals surface area contributed by atoms with Crippen molar-refractivity contribution >= 4 is 21.6 Å². The Labute approximate surface area is 93.9 Å². The normalized spacial score (nSPS) is 12.8. The van der Waals surface area contributed by atoms with Crippen LogP contribution in [0.15, 0.2) is 12.3 Å². The van der Waals surface area contributed by atoms with Gasteiger partial charge < -0.3 is 0 Å². The molecular formula is C8H12ClN3O2S. The van der Waals surface area contributed by atoms with E-state index < -0.39 is 15.6 Å². The first-order valence-corrected chi connectivity index (χ1v) is 6.46. The van der Waals surface area contributed by atoms with Crippen LogP contribution in [0.2, 0.25) is 5.28 Å². The first-order chi connectivity index (χ1) is 6.71. The molecule has 0 bridgehead atoms. The van der Waals surface area contributed by atoms with Gasteiger partial charge in [-0.3, -0.25) is 0 Å². The molecule has 1 aromatic rings. The molecule has 0 radical (unpaired) electrons. The fourth-order valence-electron chi connectivity index (χ4n) is 1.20. The smallest absolute Gasteiger partial charge is 0.222 e. The Kier molecular flexibility index (Phi) is 3.32. The molecule has 0 aliphatic carbocycles. The summed E-state index contributed by atoms with van der Waals surface area (Å²) in [5.74, 6) is 0. The highest BCUT2D eigenvalue weighted by atomic mass is 35.5. The summed E-state index contributed by atoms with van der Waals surface area (Å²) in [5, 5.41) is 0.0934. The zero-order chi connectivity index (χ0) is 11.7. The van der Waals surface area contributed by atoms with Crippen LogP contribution in [-0.2, 0) is 15.6 Å². The number of nitrogens with one attached hydrogen (secondary N) is 1. The maximum Gasteiger partial charge on any atom is 0.222 e. The van der Waals surface area contributed by atoms with Gasteiger partial charge in [0.15, 0.2) is 0 Å². The molecule has 0 saturated carbocycles. The Balaban J connectivity index is 3.06. The molecule has 1 rings (SSSR count). The van der Waals surface area contributed by atoms with E-state index in [1.165, 1.54) is 6.20 Å². The second kappa shape index (κ2) is 4.03. The molecule has 0 saturated heterocycles. The van der Waals surface area contributed by atoms with Crippen LogP contribution in [0.4, 0.5) is 0 Å². The van der Waals surface area contributed by atoms with Gasteiger partial charge in [-0.25, -0.2) is 23.1 Å². The lowest BCUT2D eigenvalue weighted by Crippen LogP contribution is -2.40. The number of nitrogens with zero attached hydrogens (tertiary/aromatic N) is 2. The fraction of sp³-hybridized carbons (Fsp3) is 0.500. The van der Waals surface area contributed by atoms with Gasteiger partial charge in [0, 0.05) is 6.20 Å². The lowest BCUT2D eigenvalue weighted by atomic mass is 10.0. The SMILES string of the molecule is CC(C)(NS(C)(=O)=O)c1ccnc(Cl)n1. The minimum absolute atomic E-state index is 0.0934. The topological polar surface area (TPSA) is 72.0 Å². The molecule has 5 nitrogen and oxygen atoms in total. The molecule has 0 fully saturated rings. The predicted octanol–water partition coefficient (Wildman–Crippen LogP) is 0.914. The second-order valence-corrected chi connectivity index (χ2v) is 5.80. The van der Waals surface area contributed by atoms with Crippen LogP contribution < -0.4 is 4.72 Å². The summed E-state index contributed by atoms with van der Waals surface area (Å²) in [6.07, 6.45) is 2.58. The Morgan fingerprint density at radius 2 is 2.07 bits per heavy atom. The van der Waals surface area contributed by atoms with Gasteiger partial charge in [-0.2, -0.15) is 0 Å². The van der Waals surface area contributed by atoms with Crippen molar-refractivity contribution in [1.82, 2.24) is 14.7 Å². The van der Waals surface area contributed by atoms with Gasteiger partial charge in [0.05, 0.1) is 17.5 Å². The Hall–Kier alpha value is -0.720. The van der Waals surface area contributed by atoms with Crippen LogP contribution in [0.5, 0.6) is 0 Å². The monoisotopic (exact) mass is 249 g/mol. The van der Waals surface area contributed by atoms with E-state index in [1.54, 1.807) is 19.9 Å². The van der Waals surface area contributed by atoms with Crippen LogP contribution in [0.1, 0.15) is 19.5 Å². The van der Waals surface area contributed by atoms with E-state index >= 15 is 0 Å². The van der Waals surface area contributed by atoms with E-state index in [0.29, 0.717) is 5.69 Å². The number of aromatic nitrogens is 2. The minimum atomic E-state index is -3.30. The van der Waals surface area contributed by atoms with Gasteiger partial charge in [0.1, 0.15) is 0 Å². The van der Waals surface area contributed by atoms with E-state index in [0.717, 1.165) is 6.26 Å². The lowest BCUT2D eigenvalue weighted by Gasteiger charge is -2.24. The number of hydrogen-bond acceptors (Lipinski definition) is 4. The van der Waals surface area contributed by atoms with Gasteiger partial charge in [0.2, 0.25) is 15.3 Å². The zero-order valence-corrected chi connectivity index (χ0v) is 10.2. The van der Waals surface area contributed by atoms with Gasteiger partial charge in [-0.15, -0.1) is 0 Å². The molecule has 1 N–H and O–H groups in total. The van der Waals surface area contributed by atoms with Crippen LogP contribution >= 0.6 is 11.6 Å². The highest BCUT2D eigenvalue weighted by Gasteiger charge is 2.26. The van der Waals surface area contributed by atoms with Crippen molar-refractivity contribution in [2.24, 2.45) is 0 Å². The molecular weight excluding hydrogens is 238 g/mol. The molecule has 0 spiro atoms. The molecule has 1 heterocycles. The van der Waals surface area contributed by atoms with Crippen molar-refractivity contribution in [2.75, 3.05) is 6.26 Å². The molecule has 0 unspecified atom stereocenters. The average Bonchev–Trinajstić information content (AvgIpc) is 1.99. The van der Waals surface area contributed by atoms with Gasteiger partial charge >= 0.3 is 0 Å². The fourth-order valence-corrected chi connectivity index (χ4v) is 2.38. The summed E-state index contributed by atoms with van der Waals surface area (Å²) in [5.41, 5.74) is -0.284. The highest BCUT2D eigenvalue weighted by molar-refractivity contribution is 7.88. The van der Waals surface area contributed by atoms with Gasteiger partial charge in [-0.1, -0.05) is 0 Å². The third-order valence-electron chi connectivity index (χ3n) is 1.71. The van der Waals surface area contributed by atoms with E-state index in [2.05, 4.69) is 14.7 Å². The summed E-state index contributed by atoms with van der Waals surface area (Å²) in [6.45, 7) is 3.40. The van der Waals surface area contributed by atoms with Crippen LogP contribution in [-0.4, -0.2) is 24.6 Å². The molecule has 0 atom stereocenters. The van der Waals surface area contributed by atoms with Crippen molar-refractivity contribution < 1.29 is 8.42 Å². The molecule has 0 aliphatic rings. The molecule has 1 aromatic heterocycles. The van der Waals surface area contributed by atoms with Crippen LogP contribution in [0, 0.1) is 0 Å². The van der Waals surface area contributed by atoms with Gasteiger partial charge in [-0.05, 0) is 31.5 Å². The summed E-state index contributed by atoms with van der Waals surface area (Å²) in [7, 11) is -3.30. The van der Waals surface area contributed by atoms with Crippen molar-refractivity contribution in [2.45, 2.75) is 19.4 Å². The Morgan fingerprint density at radius 3 is 2.53 bits per heavy atom. The highest BCUT2D eigenvalue weighted by Crippen LogP contribution is 2.19. The summed E-state index contributed by atoms with van der Waals surface area (Å²) < 4.78 is 24.7. The third-order valence-corrected chi connectivity index (χ3v) is 2.77. The van der Waals surface area contributed by atoms with Crippen molar-refractivity contribution in [1.29, 1.82) is 0 Å². The lowest BCUT2D eigenvalue weighted by molar-refractivity contribution is 0.462.